The van der Waals surface area contributed by atoms with Crippen molar-refractivity contribution in [2.75, 3.05) is 39.3 Å². The first-order chi connectivity index (χ1) is 11.3. The second-order valence-corrected chi connectivity index (χ2v) is 7.15. The number of rotatable bonds is 5. The van der Waals surface area contributed by atoms with Crippen LogP contribution in [0.1, 0.15) is 19.4 Å². The molecule has 2 rings (SSSR count). The van der Waals surface area contributed by atoms with Gasteiger partial charge in [0.05, 0.1) is 6.54 Å². The number of nitrogens with two attached hydrogens (primary N) is 1. The van der Waals surface area contributed by atoms with Crippen molar-refractivity contribution in [2.24, 2.45) is 5.73 Å². The summed E-state index contributed by atoms with van der Waals surface area (Å²) in [6.45, 7) is 7.19. The molecule has 1 aromatic rings. The lowest BCUT2D eigenvalue weighted by atomic mass is 9.91. The van der Waals surface area contributed by atoms with E-state index in [0.717, 1.165) is 10.0 Å². The molecule has 0 aromatic heterocycles. The van der Waals surface area contributed by atoms with Crippen LogP contribution in [0.3, 0.4) is 0 Å². The molecular formula is C17H25BrN4O2. The van der Waals surface area contributed by atoms with Gasteiger partial charge in [-0.25, -0.2) is 0 Å². The SMILES string of the molecule is CCNC(=O)CN1CCN(C(=O)C(C)(N)c2ccc(Br)cc2)CC1. The van der Waals surface area contributed by atoms with E-state index in [-0.39, 0.29) is 11.8 Å². The highest BCUT2D eigenvalue weighted by atomic mass is 79.9. The van der Waals surface area contributed by atoms with Crippen molar-refractivity contribution in [1.82, 2.24) is 15.1 Å². The first-order valence-corrected chi connectivity index (χ1v) is 8.97. The molecule has 24 heavy (non-hydrogen) atoms. The Morgan fingerprint density at radius 2 is 1.79 bits per heavy atom. The lowest BCUT2D eigenvalue weighted by Gasteiger charge is -2.38. The van der Waals surface area contributed by atoms with Gasteiger partial charge >= 0.3 is 0 Å². The molecule has 0 aliphatic carbocycles. The first-order valence-electron chi connectivity index (χ1n) is 8.18. The summed E-state index contributed by atoms with van der Waals surface area (Å²) >= 11 is 3.39. The van der Waals surface area contributed by atoms with E-state index < -0.39 is 5.54 Å². The number of halogens is 1. The highest BCUT2D eigenvalue weighted by Crippen LogP contribution is 2.23. The molecular weight excluding hydrogens is 372 g/mol. The molecule has 1 atom stereocenters. The topological polar surface area (TPSA) is 78.7 Å². The predicted molar refractivity (Wildman–Crippen MR) is 97.4 cm³/mol. The second kappa shape index (κ2) is 8.09. The Morgan fingerprint density at radius 3 is 2.33 bits per heavy atom. The molecule has 1 aliphatic heterocycles. The maximum absolute atomic E-state index is 12.8. The highest BCUT2D eigenvalue weighted by Gasteiger charge is 2.35. The van der Waals surface area contributed by atoms with Crippen LogP contribution in [-0.2, 0) is 15.1 Å². The molecule has 1 aliphatic rings. The maximum atomic E-state index is 12.8. The first kappa shape index (κ1) is 18.9. The van der Waals surface area contributed by atoms with E-state index in [1.165, 1.54) is 0 Å². The molecule has 0 spiro atoms. The summed E-state index contributed by atoms with van der Waals surface area (Å²) in [5.74, 6) is -0.0571. The van der Waals surface area contributed by atoms with Gasteiger partial charge in [-0.15, -0.1) is 0 Å². The average Bonchev–Trinajstić information content (AvgIpc) is 2.55. The zero-order valence-electron chi connectivity index (χ0n) is 14.2. The minimum atomic E-state index is -1.05. The fourth-order valence-electron chi connectivity index (χ4n) is 2.81. The van der Waals surface area contributed by atoms with E-state index in [1.54, 1.807) is 11.8 Å². The molecule has 1 saturated heterocycles. The third-order valence-electron chi connectivity index (χ3n) is 4.29. The van der Waals surface area contributed by atoms with E-state index in [0.29, 0.717) is 39.3 Å². The predicted octanol–water partition coefficient (Wildman–Crippen LogP) is 0.903. The molecule has 0 saturated carbocycles. The van der Waals surface area contributed by atoms with Crippen LogP contribution in [0.15, 0.2) is 28.7 Å². The fourth-order valence-corrected chi connectivity index (χ4v) is 3.08. The fraction of sp³-hybridized carbons (Fsp3) is 0.529. The number of amides is 2. The summed E-state index contributed by atoms with van der Waals surface area (Å²) in [4.78, 5) is 28.3. The normalized spacial score (nSPS) is 18.1. The Labute approximate surface area is 151 Å². The third-order valence-corrected chi connectivity index (χ3v) is 4.82. The monoisotopic (exact) mass is 396 g/mol. The summed E-state index contributed by atoms with van der Waals surface area (Å²) in [7, 11) is 0. The Morgan fingerprint density at radius 1 is 1.21 bits per heavy atom. The van der Waals surface area contributed by atoms with Gasteiger partial charge in [0.15, 0.2) is 0 Å². The molecule has 0 radical (unpaired) electrons. The summed E-state index contributed by atoms with van der Waals surface area (Å²) in [5.41, 5.74) is 6.07. The lowest BCUT2D eigenvalue weighted by Crippen LogP contribution is -2.57. The molecule has 0 bridgehead atoms. The van der Waals surface area contributed by atoms with Crippen molar-refractivity contribution in [3.8, 4) is 0 Å². The van der Waals surface area contributed by atoms with E-state index in [2.05, 4.69) is 26.1 Å². The molecule has 3 N–H and O–H groups in total. The van der Waals surface area contributed by atoms with Crippen LogP contribution >= 0.6 is 15.9 Å². The van der Waals surface area contributed by atoms with Crippen molar-refractivity contribution in [3.63, 3.8) is 0 Å². The number of hydrogen-bond donors (Lipinski definition) is 2. The molecule has 2 amide bonds. The van der Waals surface area contributed by atoms with Crippen LogP contribution in [0.25, 0.3) is 0 Å². The van der Waals surface area contributed by atoms with Crippen LogP contribution in [0.4, 0.5) is 0 Å². The largest absolute Gasteiger partial charge is 0.355 e. The van der Waals surface area contributed by atoms with Gasteiger partial charge in [-0.05, 0) is 31.5 Å². The van der Waals surface area contributed by atoms with Crippen molar-refractivity contribution in [1.29, 1.82) is 0 Å². The van der Waals surface area contributed by atoms with Crippen LogP contribution < -0.4 is 11.1 Å². The van der Waals surface area contributed by atoms with Gasteiger partial charge in [0.1, 0.15) is 5.54 Å². The quantitative estimate of drug-likeness (QED) is 0.774. The lowest BCUT2D eigenvalue weighted by molar-refractivity contribution is -0.138. The number of hydrogen-bond acceptors (Lipinski definition) is 4. The number of likely N-dealkylation sites (N-methyl/N-ethyl adjacent to an activating group) is 1. The summed E-state index contributed by atoms with van der Waals surface area (Å²) in [6.07, 6.45) is 0. The van der Waals surface area contributed by atoms with Crippen LogP contribution in [0.2, 0.25) is 0 Å². The number of carbonyl (C=O) groups excluding carboxylic acids is 2. The Bertz CT molecular complexity index is 581. The molecule has 1 heterocycles. The zero-order chi connectivity index (χ0) is 17.7. The van der Waals surface area contributed by atoms with Gasteiger partial charge in [-0.1, -0.05) is 28.1 Å². The van der Waals surface area contributed by atoms with Gasteiger partial charge in [0, 0.05) is 37.2 Å². The van der Waals surface area contributed by atoms with E-state index >= 15 is 0 Å². The summed E-state index contributed by atoms with van der Waals surface area (Å²) in [5, 5.41) is 2.79. The van der Waals surface area contributed by atoms with E-state index in [4.69, 9.17) is 5.73 Å². The van der Waals surface area contributed by atoms with Gasteiger partial charge in [0.25, 0.3) is 0 Å². The van der Waals surface area contributed by atoms with E-state index in [1.807, 2.05) is 31.2 Å². The average molecular weight is 397 g/mol. The van der Waals surface area contributed by atoms with Crippen molar-refractivity contribution in [2.45, 2.75) is 19.4 Å². The zero-order valence-corrected chi connectivity index (χ0v) is 15.8. The highest BCUT2D eigenvalue weighted by molar-refractivity contribution is 9.10. The Balaban J connectivity index is 1.94. The van der Waals surface area contributed by atoms with Gasteiger partial charge in [-0.2, -0.15) is 0 Å². The molecule has 1 unspecified atom stereocenters. The number of carbonyl (C=O) groups is 2. The number of piperazine rings is 1. The molecule has 6 nitrogen and oxygen atoms in total. The number of nitrogens with zero attached hydrogens (tertiary/aromatic N) is 2. The second-order valence-electron chi connectivity index (χ2n) is 6.23. The van der Waals surface area contributed by atoms with Gasteiger partial charge < -0.3 is 16.0 Å². The smallest absolute Gasteiger partial charge is 0.247 e. The minimum absolute atomic E-state index is 0.0239. The minimum Gasteiger partial charge on any atom is -0.355 e. The van der Waals surface area contributed by atoms with Gasteiger partial charge in [0.2, 0.25) is 11.8 Å². The van der Waals surface area contributed by atoms with Crippen molar-refractivity contribution < 1.29 is 9.59 Å². The molecule has 132 valence electrons. The van der Waals surface area contributed by atoms with Crippen LogP contribution in [0, 0.1) is 0 Å². The Hall–Kier alpha value is -1.44. The van der Waals surface area contributed by atoms with Crippen LogP contribution in [-0.4, -0.2) is 60.9 Å². The standard InChI is InChI=1S/C17H25BrN4O2/c1-3-20-15(23)12-21-8-10-22(11-9-21)16(24)17(2,19)13-4-6-14(18)7-5-13/h4-7H,3,8-12,19H2,1-2H3,(H,20,23). The van der Waals surface area contributed by atoms with Crippen molar-refractivity contribution in [3.05, 3.63) is 34.3 Å². The van der Waals surface area contributed by atoms with Crippen molar-refractivity contribution >= 4 is 27.7 Å². The Kier molecular flexibility index (Phi) is 6.37. The molecule has 1 fully saturated rings. The molecule has 1 aromatic carbocycles. The van der Waals surface area contributed by atoms with Crippen LogP contribution in [0.5, 0.6) is 0 Å². The third kappa shape index (κ3) is 4.55. The molecule has 7 heteroatoms. The maximum Gasteiger partial charge on any atom is 0.247 e. The number of nitrogens with one attached hydrogen (secondary N) is 1. The number of benzene rings is 1. The van der Waals surface area contributed by atoms with Gasteiger partial charge in [-0.3, -0.25) is 14.5 Å². The van der Waals surface area contributed by atoms with E-state index in [9.17, 15) is 9.59 Å². The summed E-state index contributed by atoms with van der Waals surface area (Å²) in [6, 6.07) is 7.51. The summed E-state index contributed by atoms with van der Waals surface area (Å²) < 4.78 is 0.952.